The molecule has 0 amide bonds. The van der Waals surface area contributed by atoms with Gasteiger partial charge in [-0.2, -0.15) is 17.2 Å². The number of halogens is 2. The minimum absolute atomic E-state index is 0.169. The fraction of sp³-hybridized carbons (Fsp3) is 0.923. The third-order valence-corrected chi connectivity index (χ3v) is 11.6. The Kier molecular flexibility index (Phi) is 5.84. The first-order valence-electron chi connectivity index (χ1n) is 13.6. The van der Waals surface area contributed by atoms with Gasteiger partial charge in [-0.15, -0.1) is 0 Å². The van der Waals surface area contributed by atoms with E-state index in [2.05, 4.69) is 6.92 Å². The standard InChI is InChI=1S/C26H36F2O8S/c1-23(19-4-15-2-16(6-19)7-20(23)5-15)36-21(29)12-35-25-10-17-3-18(11-25)9-24(8-17,13-25)14-34-22(30)26(27,28)37(31,32)33/h15-20H,2-14H2,1H3,(H,31,32,33). The molecule has 0 aromatic heterocycles. The molecule has 0 saturated heterocycles. The molecule has 1 N–H and O–H groups in total. The molecule has 0 heterocycles. The second-order valence-electron chi connectivity index (χ2n) is 13.5. The lowest BCUT2D eigenvalue weighted by atomic mass is 9.48. The van der Waals surface area contributed by atoms with Crippen molar-refractivity contribution < 1.29 is 45.6 Å². The van der Waals surface area contributed by atoms with Crippen LogP contribution in [0.25, 0.3) is 0 Å². The van der Waals surface area contributed by atoms with Crippen LogP contribution >= 0.6 is 0 Å². The van der Waals surface area contributed by atoms with Gasteiger partial charge >= 0.3 is 27.3 Å². The van der Waals surface area contributed by atoms with Gasteiger partial charge in [-0.25, -0.2) is 9.59 Å². The Hall–Kier alpha value is -1.33. The largest absolute Gasteiger partial charge is 0.465 e. The monoisotopic (exact) mass is 546 g/mol. The lowest BCUT2D eigenvalue weighted by Gasteiger charge is -2.61. The van der Waals surface area contributed by atoms with Crippen LogP contribution in [0.1, 0.15) is 77.6 Å². The summed E-state index contributed by atoms with van der Waals surface area (Å²) < 4.78 is 75.2. The normalized spacial score (nSPS) is 45.7. The Morgan fingerprint density at radius 3 is 2.00 bits per heavy atom. The number of rotatable bonds is 8. The minimum Gasteiger partial charge on any atom is -0.460 e. The van der Waals surface area contributed by atoms with Crippen molar-refractivity contribution in [2.24, 2.45) is 40.9 Å². The lowest BCUT2D eigenvalue weighted by Crippen LogP contribution is -2.60. The van der Waals surface area contributed by atoms with Gasteiger partial charge in [0.05, 0.1) is 12.2 Å². The van der Waals surface area contributed by atoms with Gasteiger partial charge < -0.3 is 14.2 Å². The van der Waals surface area contributed by atoms with E-state index < -0.39 is 38.0 Å². The van der Waals surface area contributed by atoms with Crippen molar-refractivity contribution >= 4 is 22.1 Å². The second-order valence-corrected chi connectivity index (χ2v) is 14.9. The molecular weight excluding hydrogens is 510 g/mol. The van der Waals surface area contributed by atoms with Crippen LogP contribution in [0.5, 0.6) is 0 Å². The molecule has 0 aromatic rings. The van der Waals surface area contributed by atoms with E-state index in [9.17, 15) is 26.8 Å². The number of ether oxygens (including phenoxy) is 3. The third-order valence-electron chi connectivity index (χ3n) is 10.8. The van der Waals surface area contributed by atoms with Crippen LogP contribution in [0.3, 0.4) is 0 Å². The van der Waals surface area contributed by atoms with E-state index in [0.717, 1.165) is 56.8 Å². The molecule has 8 rings (SSSR count). The van der Waals surface area contributed by atoms with E-state index in [4.69, 9.17) is 18.8 Å². The Bertz CT molecular complexity index is 1050. The number of alkyl halides is 2. The highest BCUT2D eigenvalue weighted by Gasteiger charge is 2.61. The number of carbonyl (C=O) groups excluding carboxylic acids is 2. The summed E-state index contributed by atoms with van der Waals surface area (Å²) in [6, 6.07) is 0. The Morgan fingerprint density at radius 2 is 1.46 bits per heavy atom. The summed E-state index contributed by atoms with van der Waals surface area (Å²) in [6.07, 6.45) is 10.1. The van der Waals surface area contributed by atoms with Gasteiger partial charge in [-0.3, -0.25) is 4.55 Å². The summed E-state index contributed by atoms with van der Waals surface area (Å²) in [7, 11) is -5.92. The van der Waals surface area contributed by atoms with E-state index in [1.165, 1.54) is 6.42 Å². The van der Waals surface area contributed by atoms with Crippen LogP contribution < -0.4 is 0 Å². The van der Waals surface area contributed by atoms with Gasteiger partial charge in [-0.05, 0) is 113 Å². The maximum absolute atomic E-state index is 13.7. The number of carbonyl (C=O) groups is 2. The molecular formula is C26H36F2O8S. The molecule has 8 fully saturated rings. The molecule has 37 heavy (non-hydrogen) atoms. The third kappa shape index (κ3) is 4.31. The molecule has 8 saturated carbocycles. The zero-order valence-corrected chi connectivity index (χ0v) is 21.9. The van der Waals surface area contributed by atoms with E-state index in [0.29, 0.717) is 31.1 Å². The van der Waals surface area contributed by atoms with Crippen LogP contribution in [-0.2, 0) is 33.9 Å². The SMILES string of the molecule is CC1(OC(=O)COC23CC4CC(CC(COC(=O)C(F)(F)S(=O)(=O)O)(C4)C2)C3)C2CC3CC(C2)CC1C3. The fourth-order valence-corrected chi connectivity index (χ4v) is 10.2. The van der Waals surface area contributed by atoms with Crippen molar-refractivity contribution in [3.05, 3.63) is 0 Å². The zero-order valence-electron chi connectivity index (χ0n) is 21.1. The highest BCUT2D eigenvalue weighted by Crippen LogP contribution is 2.63. The topological polar surface area (TPSA) is 116 Å². The first-order valence-corrected chi connectivity index (χ1v) is 15.0. The van der Waals surface area contributed by atoms with Gasteiger partial charge in [0.1, 0.15) is 12.2 Å². The Labute approximate surface area is 215 Å². The second kappa shape index (κ2) is 8.34. The molecule has 2 unspecified atom stereocenters. The first kappa shape index (κ1) is 25.9. The molecule has 0 radical (unpaired) electrons. The predicted octanol–water partition coefficient (Wildman–Crippen LogP) is 4.12. The molecule has 8 aliphatic rings. The number of hydrogen-bond acceptors (Lipinski definition) is 7. The van der Waals surface area contributed by atoms with E-state index >= 15 is 0 Å². The average Bonchev–Trinajstić information content (AvgIpc) is 2.78. The van der Waals surface area contributed by atoms with Crippen LogP contribution in [0.15, 0.2) is 0 Å². The Morgan fingerprint density at radius 1 is 0.919 bits per heavy atom. The Balaban J connectivity index is 1.09. The van der Waals surface area contributed by atoms with Crippen molar-refractivity contribution in [1.29, 1.82) is 0 Å². The average molecular weight is 547 g/mol. The van der Waals surface area contributed by atoms with Gasteiger partial charge in [-0.1, -0.05) is 0 Å². The van der Waals surface area contributed by atoms with Crippen molar-refractivity contribution in [3.63, 3.8) is 0 Å². The summed E-state index contributed by atoms with van der Waals surface area (Å²) in [4.78, 5) is 24.9. The summed E-state index contributed by atoms with van der Waals surface area (Å²) in [5.74, 6) is 0.213. The quantitative estimate of drug-likeness (QED) is 0.357. The molecule has 2 atom stereocenters. The zero-order chi connectivity index (χ0) is 26.4. The number of hydrogen-bond donors (Lipinski definition) is 1. The lowest BCUT2D eigenvalue weighted by molar-refractivity contribution is -0.228. The molecule has 208 valence electrons. The van der Waals surface area contributed by atoms with Crippen molar-refractivity contribution in [2.75, 3.05) is 13.2 Å². The maximum Gasteiger partial charge on any atom is 0.465 e. The predicted molar refractivity (Wildman–Crippen MR) is 125 cm³/mol. The number of esters is 2. The minimum atomic E-state index is -5.92. The van der Waals surface area contributed by atoms with E-state index in [-0.39, 0.29) is 31.0 Å². The van der Waals surface area contributed by atoms with Gasteiger partial charge in [0.25, 0.3) is 0 Å². The molecule has 0 aliphatic heterocycles. The van der Waals surface area contributed by atoms with Crippen LogP contribution in [0, 0.1) is 40.9 Å². The molecule has 8 nitrogen and oxygen atoms in total. The summed E-state index contributed by atoms with van der Waals surface area (Å²) >= 11 is 0. The van der Waals surface area contributed by atoms with Crippen LogP contribution in [0.4, 0.5) is 8.78 Å². The van der Waals surface area contributed by atoms with Gasteiger partial charge in [0.2, 0.25) is 0 Å². The highest BCUT2D eigenvalue weighted by molar-refractivity contribution is 7.87. The van der Waals surface area contributed by atoms with Gasteiger partial charge in [0.15, 0.2) is 0 Å². The highest BCUT2D eigenvalue weighted by atomic mass is 32.2. The molecule has 0 aromatic carbocycles. The van der Waals surface area contributed by atoms with Crippen molar-refractivity contribution in [1.82, 2.24) is 0 Å². The van der Waals surface area contributed by atoms with Crippen LogP contribution in [0.2, 0.25) is 0 Å². The molecule has 0 spiro atoms. The van der Waals surface area contributed by atoms with Crippen molar-refractivity contribution in [2.45, 2.75) is 94.0 Å². The van der Waals surface area contributed by atoms with E-state index in [1.54, 1.807) is 0 Å². The molecule has 8 aliphatic carbocycles. The van der Waals surface area contributed by atoms with E-state index in [1.807, 2.05) is 0 Å². The molecule has 8 bridgehead atoms. The first-order chi connectivity index (χ1) is 17.2. The summed E-state index contributed by atoms with van der Waals surface area (Å²) in [5, 5.41) is -5.01. The maximum atomic E-state index is 13.7. The fourth-order valence-electron chi connectivity index (χ4n) is 9.88. The van der Waals surface area contributed by atoms with Crippen molar-refractivity contribution in [3.8, 4) is 0 Å². The van der Waals surface area contributed by atoms with Gasteiger partial charge in [0, 0.05) is 5.41 Å². The summed E-state index contributed by atoms with van der Waals surface area (Å²) in [6.45, 7) is 1.55. The smallest absolute Gasteiger partial charge is 0.460 e. The van der Waals surface area contributed by atoms with Crippen LogP contribution in [-0.4, -0.2) is 54.6 Å². The summed E-state index contributed by atoms with van der Waals surface area (Å²) in [5.41, 5.74) is -1.68. The molecule has 11 heteroatoms.